The van der Waals surface area contributed by atoms with Gasteiger partial charge in [0.05, 0.1) is 17.0 Å². The van der Waals surface area contributed by atoms with Crippen LogP contribution in [0, 0.1) is 4.77 Å². The van der Waals surface area contributed by atoms with E-state index in [0.29, 0.717) is 23.0 Å². The van der Waals surface area contributed by atoms with Gasteiger partial charge in [-0.25, -0.2) is 0 Å². The number of carbonyl (C=O) groups is 1. The first-order chi connectivity index (χ1) is 10.6. The number of rotatable bonds is 4. The monoisotopic (exact) mass is 319 g/mol. The minimum atomic E-state index is -0.260. The predicted molar refractivity (Wildman–Crippen MR) is 85.7 cm³/mol. The van der Waals surface area contributed by atoms with Gasteiger partial charge in [0.25, 0.3) is 11.5 Å². The van der Waals surface area contributed by atoms with Gasteiger partial charge in [-0.15, -0.1) is 0 Å². The third-order valence-corrected chi connectivity index (χ3v) is 3.98. The van der Waals surface area contributed by atoms with Crippen LogP contribution in [0.4, 0.5) is 0 Å². The smallest absolute Gasteiger partial charge is 0.259 e. The van der Waals surface area contributed by atoms with Gasteiger partial charge in [0.15, 0.2) is 4.77 Å². The van der Waals surface area contributed by atoms with E-state index in [2.05, 4.69) is 15.3 Å². The molecule has 1 aromatic heterocycles. The lowest BCUT2D eigenvalue weighted by molar-refractivity contribution is 0.0907. The summed E-state index contributed by atoms with van der Waals surface area (Å²) in [5, 5.41) is 3.35. The SMILES string of the molecule is O=C(NCC[C@@H]1CCCO1)c1ccc2c(=O)[nH]c(=S)[nH]c2c1. The number of hydrogen-bond donors (Lipinski definition) is 3. The fourth-order valence-corrected chi connectivity index (χ4v) is 2.83. The highest BCUT2D eigenvalue weighted by molar-refractivity contribution is 7.71. The van der Waals surface area contributed by atoms with E-state index < -0.39 is 0 Å². The fraction of sp³-hybridized carbons (Fsp3) is 0.400. The molecule has 0 bridgehead atoms. The summed E-state index contributed by atoms with van der Waals surface area (Å²) < 4.78 is 5.76. The van der Waals surface area contributed by atoms with Crippen molar-refractivity contribution in [1.29, 1.82) is 0 Å². The summed E-state index contributed by atoms with van der Waals surface area (Å²) in [4.78, 5) is 29.3. The van der Waals surface area contributed by atoms with Crippen LogP contribution in [0.5, 0.6) is 0 Å². The molecule has 0 spiro atoms. The molecule has 3 rings (SSSR count). The van der Waals surface area contributed by atoms with Crippen molar-refractivity contribution in [3.05, 3.63) is 38.9 Å². The highest BCUT2D eigenvalue weighted by Crippen LogP contribution is 2.14. The summed E-state index contributed by atoms with van der Waals surface area (Å²) in [6.45, 7) is 1.39. The number of aromatic nitrogens is 2. The molecule has 1 fully saturated rings. The maximum atomic E-state index is 12.2. The zero-order valence-corrected chi connectivity index (χ0v) is 12.8. The summed E-state index contributed by atoms with van der Waals surface area (Å²) in [6.07, 6.45) is 3.23. The van der Waals surface area contributed by atoms with E-state index in [1.165, 1.54) is 0 Å². The topological polar surface area (TPSA) is 87.0 Å². The van der Waals surface area contributed by atoms with E-state index in [1.807, 2.05) is 0 Å². The molecule has 0 aliphatic carbocycles. The molecule has 3 N–H and O–H groups in total. The third kappa shape index (κ3) is 3.26. The molecule has 1 amide bonds. The number of nitrogens with one attached hydrogen (secondary N) is 3. The summed E-state index contributed by atoms with van der Waals surface area (Å²) in [5.74, 6) is -0.167. The van der Waals surface area contributed by atoms with Crippen LogP contribution in [0.1, 0.15) is 29.6 Å². The number of benzene rings is 1. The highest BCUT2D eigenvalue weighted by atomic mass is 32.1. The zero-order chi connectivity index (χ0) is 15.5. The molecule has 1 aromatic carbocycles. The van der Waals surface area contributed by atoms with E-state index >= 15 is 0 Å². The van der Waals surface area contributed by atoms with Crippen molar-refractivity contribution >= 4 is 29.0 Å². The Bertz CT molecular complexity index is 806. The van der Waals surface area contributed by atoms with Crippen LogP contribution >= 0.6 is 12.2 Å². The average Bonchev–Trinajstić information content (AvgIpc) is 2.99. The van der Waals surface area contributed by atoms with Crippen molar-refractivity contribution in [1.82, 2.24) is 15.3 Å². The summed E-state index contributed by atoms with van der Waals surface area (Å²) >= 11 is 4.94. The molecular formula is C15H17N3O3S. The van der Waals surface area contributed by atoms with Crippen LogP contribution < -0.4 is 10.9 Å². The maximum Gasteiger partial charge on any atom is 0.259 e. The van der Waals surface area contributed by atoms with E-state index in [9.17, 15) is 9.59 Å². The van der Waals surface area contributed by atoms with Crippen LogP contribution in [0.2, 0.25) is 0 Å². The second kappa shape index (κ2) is 6.41. The van der Waals surface area contributed by atoms with Crippen LogP contribution in [0.15, 0.2) is 23.0 Å². The Kier molecular flexibility index (Phi) is 4.35. The lowest BCUT2D eigenvalue weighted by atomic mass is 10.1. The van der Waals surface area contributed by atoms with Crippen LogP contribution in [0.25, 0.3) is 10.9 Å². The van der Waals surface area contributed by atoms with Crippen LogP contribution in [-0.2, 0) is 4.74 Å². The van der Waals surface area contributed by atoms with Crippen molar-refractivity contribution in [2.24, 2.45) is 0 Å². The van der Waals surface area contributed by atoms with Gasteiger partial charge in [0, 0.05) is 18.7 Å². The predicted octanol–water partition coefficient (Wildman–Crippen LogP) is 1.88. The van der Waals surface area contributed by atoms with E-state index in [-0.39, 0.29) is 22.3 Å². The Morgan fingerprint density at radius 3 is 3.05 bits per heavy atom. The van der Waals surface area contributed by atoms with E-state index in [0.717, 1.165) is 25.9 Å². The molecule has 1 aliphatic heterocycles. The van der Waals surface area contributed by atoms with Gasteiger partial charge in [-0.3, -0.25) is 14.6 Å². The number of amides is 1. The first kappa shape index (κ1) is 14.9. The third-order valence-electron chi connectivity index (χ3n) is 3.78. The maximum absolute atomic E-state index is 12.2. The van der Waals surface area contributed by atoms with E-state index in [1.54, 1.807) is 18.2 Å². The Labute approximate surface area is 131 Å². The molecule has 1 saturated heterocycles. The zero-order valence-electron chi connectivity index (χ0n) is 12.0. The lowest BCUT2D eigenvalue weighted by Gasteiger charge is -2.10. The molecular weight excluding hydrogens is 302 g/mol. The molecule has 2 aromatic rings. The van der Waals surface area contributed by atoms with Crippen molar-refractivity contribution in [3.63, 3.8) is 0 Å². The van der Waals surface area contributed by atoms with Crippen molar-refractivity contribution in [2.75, 3.05) is 13.2 Å². The Balaban J connectivity index is 1.70. The second-order valence-corrected chi connectivity index (χ2v) is 5.76. The Morgan fingerprint density at radius 1 is 1.41 bits per heavy atom. The van der Waals surface area contributed by atoms with Gasteiger partial charge in [-0.05, 0) is 49.7 Å². The minimum Gasteiger partial charge on any atom is -0.378 e. The molecule has 7 heteroatoms. The largest absolute Gasteiger partial charge is 0.378 e. The number of fused-ring (bicyclic) bond motifs is 1. The van der Waals surface area contributed by atoms with Gasteiger partial charge in [-0.1, -0.05) is 0 Å². The number of H-pyrrole nitrogens is 2. The quantitative estimate of drug-likeness (QED) is 0.751. The Morgan fingerprint density at radius 2 is 2.27 bits per heavy atom. The molecule has 116 valence electrons. The summed E-state index contributed by atoms with van der Waals surface area (Å²) in [6, 6.07) is 4.89. The second-order valence-electron chi connectivity index (χ2n) is 5.35. The van der Waals surface area contributed by atoms with Gasteiger partial charge in [0.2, 0.25) is 0 Å². The van der Waals surface area contributed by atoms with E-state index in [4.69, 9.17) is 17.0 Å². The van der Waals surface area contributed by atoms with Crippen molar-refractivity contribution < 1.29 is 9.53 Å². The van der Waals surface area contributed by atoms with Gasteiger partial charge < -0.3 is 15.0 Å². The minimum absolute atomic E-state index is 0.167. The normalized spacial score (nSPS) is 17.7. The van der Waals surface area contributed by atoms with Crippen LogP contribution in [-0.4, -0.2) is 35.1 Å². The summed E-state index contributed by atoms with van der Waals surface area (Å²) in [7, 11) is 0. The van der Waals surface area contributed by atoms with Gasteiger partial charge in [0.1, 0.15) is 0 Å². The van der Waals surface area contributed by atoms with Gasteiger partial charge >= 0.3 is 0 Å². The first-order valence-electron chi connectivity index (χ1n) is 7.29. The van der Waals surface area contributed by atoms with Crippen molar-refractivity contribution in [2.45, 2.75) is 25.4 Å². The molecule has 0 unspecified atom stereocenters. The highest BCUT2D eigenvalue weighted by Gasteiger charge is 2.15. The van der Waals surface area contributed by atoms with Gasteiger partial charge in [-0.2, -0.15) is 0 Å². The first-order valence-corrected chi connectivity index (χ1v) is 7.70. The lowest BCUT2D eigenvalue weighted by Crippen LogP contribution is -2.27. The molecule has 6 nitrogen and oxygen atoms in total. The molecule has 22 heavy (non-hydrogen) atoms. The average molecular weight is 319 g/mol. The molecule has 1 atom stereocenters. The standard InChI is InChI=1S/C15H17N3O3S/c19-13(16-6-5-10-2-1-7-21-10)9-3-4-11-12(8-9)17-15(22)18-14(11)20/h3-4,8,10H,1-2,5-7H2,(H,16,19)(H2,17,18,20,22)/t10-/m0/s1. The molecule has 1 aliphatic rings. The Hall–Kier alpha value is -1.99. The number of hydrogen-bond acceptors (Lipinski definition) is 4. The fourth-order valence-electron chi connectivity index (χ4n) is 2.63. The number of aromatic amines is 2. The molecule has 0 radical (unpaired) electrons. The molecule has 2 heterocycles. The van der Waals surface area contributed by atoms with Crippen LogP contribution in [0.3, 0.4) is 0 Å². The number of ether oxygens (including phenoxy) is 1. The summed E-state index contributed by atoms with van der Waals surface area (Å²) in [5.41, 5.74) is 0.792. The van der Waals surface area contributed by atoms with Crippen molar-refractivity contribution in [3.8, 4) is 0 Å². The molecule has 0 saturated carbocycles. The number of carbonyl (C=O) groups excluding carboxylic acids is 1.